The summed E-state index contributed by atoms with van der Waals surface area (Å²) in [6, 6.07) is -3.82. The van der Waals surface area contributed by atoms with Crippen LogP contribution >= 0.6 is 0 Å². The summed E-state index contributed by atoms with van der Waals surface area (Å²) in [6.45, 7) is 1.07. The molecule has 11 N–H and O–H groups in total. The molecule has 0 aliphatic carbocycles. The molecule has 4 amide bonds. The van der Waals surface area contributed by atoms with Gasteiger partial charge < -0.3 is 43.4 Å². The average Bonchev–Trinajstić information content (AvgIpc) is 2.62. The Morgan fingerprint density at radius 1 is 1.03 bits per heavy atom. The number of hydrogen-bond acceptors (Lipinski definition) is 8. The Hall–Kier alpha value is -2.77. The minimum atomic E-state index is -1.55. The van der Waals surface area contributed by atoms with E-state index >= 15 is 0 Å². The van der Waals surface area contributed by atoms with Gasteiger partial charge in [-0.05, 0) is 26.3 Å². The van der Waals surface area contributed by atoms with E-state index in [2.05, 4.69) is 10.6 Å². The fraction of sp³-hybridized carbons (Fsp3) is 0.688. The minimum absolute atomic E-state index is 0.343. The van der Waals surface area contributed by atoms with Crippen molar-refractivity contribution in [3.63, 3.8) is 0 Å². The summed E-state index contributed by atoms with van der Waals surface area (Å²) in [7, 11) is 0. The molecule has 13 nitrogen and oxygen atoms in total. The molecule has 0 bridgehead atoms. The maximum atomic E-state index is 12.2. The van der Waals surface area contributed by atoms with Gasteiger partial charge in [0, 0.05) is 0 Å². The normalized spacial score (nSPS) is 14.8. The maximum Gasteiger partial charge on any atom is 0.326 e. The van der Waals surface area contributed by atoms with Crippen LogP contribution in [0.5, 0.6) is 0 Å². The lowest BCUT2D eigenvalue weighted by Gasteiger charge is -2.23. The van der Waals surface area contributed by atoms with E-state index in [1.54, 1.807) is 0 Å². The number of carbonyl (C=O) groups is 5. The second kappa shape index (κ2) is 13.4. The molecule has 166 valence electrons. The molecule has 0 aliphatic heterocycles. The van der Waals surface area contributed by atoms with Crippen molar-refractivity contribution in [1.29, 1.82) is 0 Å². The third-order valence-electron chi connectivity index (χ3n) is 3.83. The number of carboxylic acids is 1. The second-order valence-corrected chi connectivity index (χ2v) is 6.46. The molecule has 0 aromatic rings. The smallest absolute Gasteiger partial charge is 0.326 e. The van der Waals surface area contributed by atoms with Crippen LogP contribution in [0.3, 0.4) is 0 Å². The van der Waals surface area contributed by atoms with Crippen LogP contribution in [0.15, 0.2) is 0 Å². The van der Waals surface area contributed by atoms with Gasteiger partial charge >= 0.3 is 5.97 Å². The predicted octanol–water partition coefficient (Wildman–Crippen LogP) is -4.13. The number of amides is 4. The van der Waals surface area contributed by atoms with Gasteiger partial charge in [0.05, 0.1) is 25.1 Å². The third-order valence-corrected chi connectivity index (χ3v) is 3.83. The zero-order valence-electron chi connectivity index (χ0n) is 16.2. The highest BCUT2D eigenvalue weighted by Gasteiger charge is 2.28. The van der Waals surface area contributed by atoms with Crippen LogP contribution in [0.2, 0.25) is 0 Å². The molecule has 0 fully saturated rings. The Labute approximate surface area is 167 Å². The summed E-state index contributed by atoms with van der Waals surface area (Å²) in [5, 5.41) is 25.2. The first-order chi connectivity index (χ1) is 13.5. The molecule has 0 saturated carbocycles. The molecule has 0 rings (SSSR count). The lowest BCUT2D eigenvalue weighted by molar-refractivity contribution is -0.143. The fourth-order valence-electron chi connectivity index (χ4n) is 2.23. The van der Waals surface area contributed by atoms with Crippen LogP contribution < -0.4 is 33.2 Å². The van der Waals surface area contributed by atoms with Crippen LogP contribution in [0.25, 0.3) is 0 Å². The van der Waals surface area contributed by atoms with Gasteiger partial charge in [-0.15, -0.1) is 0 Å². The molecule has 0 heterocycles. The first kappa shape index (κ1) is 26.2. The molecule has 0 spiro atoms. The number of unbranched alkanes of at least 4 members (excludes halogenated alkanes) is 1. The molecule has 13 heteroatoms. The van der Waals surface area contributed by atoms with Gasteiger partial charge in [0.25, 0.3) is 0 Å². The monoisotopic (exact) mass is 418 g/mol. The zero-order valence-corrected chi connectivity index (χ0v) is 16.2. The third kappa shape index (κ3) is 11.0. The molecule has 29 heavy (non-hydrogen) atoms. The predicted molar refractivity (Wildman–Crippen MR) is 101 cm³/mol. The average molecular weight is 418 g/mol. The maximum absolute atomic E-state index is 12.2. The number of aliphatic carboxylic acids is 1. The van der Waals surface area contributed by atoms with Crippen LogP contribution in [0.4, 0.5) is 0 Å². The lowest BCUT2D eigenvalue weighted by Crippen LogP contribution is -2.57. The Morgan fingerprint density at radius 3 is 2.14 bits per heavy atom. The number of rotatable bonds is 14. The van der Waals surface area contributed by atoms with E-state index in [0.29, 0.717) is 25.8 Å². The quantitative estimate of drug-likeness (QED) is 0.128. The Kier molecular flexibility index (Phi) is 12.1. The summed E-state index contributed by atoms with van der Waals surface area (Å²) in [5.41, 5.74) is 16.0. The van der Waals surface area contributed by atoms with Crippen LogP contribution in [0, 0.1) is 0 Å². The van der Waals surface area contributed by atoms with Gasteiger partial charge in [0.15, 0.2) is 0 Å². The van der Waals surface area contributed by atoms with E-state index in [4.69, 9.17) is 22.3 Å². The summed E-state index contributed by atoms with van der Waals surface area (Å²) in [5.74, 6) is -4.83. The Bertz CT molecular complexity index is 598. The van der Waals surface area contributed by atoms with Gasteiger partial charge in [-0.3, -0.25) is 19.2 Å². The topological polar surface area (TPSA) is 240 Å². The number of carboxylic acid groups (broad SMARTS) is 1. The van der Waals surface area contributed by atoms with Crippen molar-refractivity contribution >= 4 is 29.6 Å². The molecule has 0 saturated heterocycles. The Morgan fingerprint density at radius 2 is 1.66 bits per heavy atom. The van der Waals surface area contributed by atoms with E-state index in [0.717, 1.165) is 0 Å². The molecule has 4 atom stereocenters. The van der Waals surface area contributed by atoms with E-state index in [-0.39, 0.29) is 0 Å². The van der Waals surface area contributed by atoms with E-state index in [1.165, 1.54) is 6.92 Å². The highest BCUT2D eigenvalue weighted by atomic mass is 16.4. The van der Waals surface area contributed by atoms with Crippen molar-refractivity contribution in [2.45, 2.75) is 56.8 Å². The van der Waals surface area contributed by atoms with Crippen molar-refractivity contribution in [3.05, 3.63) is 0 Å². The van der Waals surface area contributed by atoms with Crippen LogP contribution in [-0.2, 0) is 24.0 Å². The van der Waals surface area contributed by atoms with E-state index < -0.39 is 66.8 Å². The summed E-state index contributed by atoms with van der Waals surface area (Å²) >= 11 is 0. The summed E-state index contributed by atoms with van der Waals surface area (Å²) < 4.78 is 0. The fourth-order valence-corrected chi connectivity index (χ4v) is 2.23. The molecule has 0 aromatic carbocycles. The summed E-state index contributed by atoms with van der Waals surface area (Å²) in [6.07, 6.45) is -0.268. The van der Waals surface area contributed by atoms with Gasteiger partial charge in [-0.1, -0.05) is 6.42 Å². The van der Waals surface area contributed by atoms with Gasteiger partial charge in [-0.25, -0.2) is 4.79 Å². The molecule has 0 aromatic heterocycles. The van der Waals surface area contributed by atoms with E-state index in [1.807, 2.05) is 5.32 Å². The van der Waals surface area contributed by atoms with E-state index in [9.17, 15) is 29.1 Å². The standard InChI is InChI=1S/C16H30N6O7/c1-8(23)13(22-14(26)9(18)4-2-3-5-17)15(27)20-7-12(25)21-10(16(28)29)6-11(19)24/h8-10,13,23H,2-7,17-18H2,1H3,(H2,19,24)(H,20,27)(H,21,25)(H,22,26)(H,28,29). The summed E-state index contributed by atoms with van der Waals surface area (Å²) in [4.78, 5) is 57.9. The number of primary amides is 1. The highest BCUT2D eigenvalue weighted by Crippen LogP contribution is 2.00. The van der Waals surface area contributed by atoms with Crippen molar-refractivity contribution in [1.82, 2.24) is 16.0 Å². The van der Waals surface area contributed by atoms with Gasteiger partial charge in [-0.2, -0.15) is 0 Å². The number of carbonyl (C=O) groups excluding carboxylic acids is 4. The zero-order chi connectivity index (χ0) is 22.6. The second-order valence-electron chi connectivity index (χ2n) is 6.46. The molecular weight excluding hydrogens is 388 g/mol. The van der Waals surface area contributed by atoms with Gasteiger partial charge in [0.1, 0.15) is 12.1 Å². The first-order valence-electron chi connectivity index (χ1n) is 9.01. The SMILES string of the molecule is CC(O)C(NC(=O)C(N)CCCCN)C(=O)NCC(=O)NC(CC(N)=O)C(=O)O. The molecule has 0 aliphatic rings. The number of nitrogens with two attached hydrogens (primary N) is 3. The largest absolute Gasteiger partial charge is 0.480 e. The highest BCUT2D eigenvalue weighted by molar-refractivity contribution is 5.93. The Balaban J connectivity index is 4.70. The number of aliphatic hydroxyl groups is 1. The number of hydrogen-bond donors (Lipinski definition) is 8. The number of aliphatic hydroxyl groups excluding tert-OH is 1. The van der Waals surface area contributed by atoms with Crippen molar-refractivity contribution in [3.8, 4) is 0 Å². The van der Waals surface area contributed by atoms with Crippen molar-refractivity contribution in [2.75, 3.05) is 13.1 Å². The van der Waals surface area contributed by atoms with Crippen molar-refractivity contribution in [2.24, 2.45) is 17.2 Å². The molecule has 4 unspecified atom stereocenters. The number of nitrogens with one attached hydrogen (secondary N) is 3. The lowest BCUT2D eigenvalue weighted by atomic mass is 10.1. The minimum Gasteiger partial charge on any atom is -0.480 e. The van der Waals surface area contributed by atoms with Crippen LogP contribution in [-0.4, -0.2) is 77.1 Å². The van der Waals surface area contributed by atoms with Gasteiger partial charge in [0.2, 0.25) is 23.6 Å². The molecular formula is C16H30N6O7. The first-order valence-corrected chi connectivity index (χ1v) is 9.01. The van der Waals surface area contributed by atoms with Crippen LogP contribution in [0.1, 0.15) is 32.6 Å². The van der Waals surface area contributed by atoms with Crippen molar-refractivity contribution < 1.29 is 34.2 Å². The molecule has 0 radical (unpaired) electrons.